The molecule has 5 heteroatoms. The second-order valence-corrected chi connectivity index (χ2v) is 7.19. The molecule has 1 aliphatic carbocycles. The van der Waals surface area contributed by atoms with Crippen molar-refractivity contribution >= 4 is 23.2 Å². The van der Waals surface area contributed by atoms with E-state index in [4.69, 9.17) is 4.74 Å². The number of ether oxygens (including phenoxy) is 1. The van der Waals surface area contributed by atoms with E-state index in [-0.39, 0.29) is 17.7 Å². The van der Waals surface area contributed by atoms with Gasteiger partial charge in [-0.3, -0.25) is 9.59 Å². The summed E-state index contributed by atoms with van der Waals surface area (Å²) in [5.74, 6) is 0.541. The van der Waals surface area contributed by atoms with Gasteiger partial charge >= 0.3 is 0 Å². The van der Waals surface area contributed by atoms with Crippen molar-refractivity contribution in [1.82, 2.24) is 0 Å². The first-order chi connectivity index (χ1) is 13.0. The third-order valence-corrected chi connectivity index (χ3v) is 4.87. The minimum absolute atomic E-state index is 0.237. The monoisotopic (exact) mass is 366 g/mol. The Kier molecular flexibility index (Phi) is 5.49. The fourth-order valence-corrected chi connectivity index (χ4v) is 3.09. The van der Waals surface area contributed by atoms with Crippen molar-refractivity contribution in [2.45, 2.75) is 39.5 Å². The van der Waals surface area contributed by atoms with Crippen LogP contribution in [0.1, 0.15) is 45.1 Å². The topological polar surface area (TPSA) is 67.4 Å². The van der Waals surface area contributed by atoms with E-state index in [0.717, 1.165) is 17.0 Å². The largest absolute Gasteiger partial charge is 0.494 e. The van der Waals surface area contributed by atoms with Crippen LogP contribution in [0, 0.1) is 5.41 Å². The van der Waals surface area contributed by atoms with E-state index in [2.05, 4.69) is 24.5 Å². The van der Waals surface area contributed by atoms with Crippen molar-refractivity contribution in [3.63, 3.8) is 0 Å². The molecule has 0 heterocycles. The number of hydrogen-bond donors (Lipinski definition) is 2. The fourth-order valence-electron chi connectivity index (χ4n) is 3.09. The SMILES string of the molecule is CCOc1ccc(NC(=O)C2(C(=O)Nc3ccccc3C(C)C)CC2)cc1. The maximum atomic E-state index is 12.9. The van der Waals surface area contributed by atoms with Gasteiger partial charge in [0.05, 0.1) is 6.61 Å². The molecule has 0 atom stereocenters. The first-order valence-electron chi connectivity index (χ1n) is 9.41. The Bertz CT molecular complexity index is 824. The number of carbonyl (C=O) groups excluding carboxylic acids is 2. The van der Waals surface area contributed by atoms with Crippen LogP contribution in [0.2, 0.25) is 0 Å². The maximum Gasteiger partial charge on any atom is 0.240 e. The van der Waals surface area contributed by atoms with E-state index in [1.807, 2.05) is 31.2 Å². The normalized spacial score (nSPS) is 14.5. The summed E-state index contributed by atoms with van der Waals surface area (Å²) >= 11 is 0. The van der Waals surface area contributed by atoms with Crippen LogP contribution < -0.4 is 15.4 Å². The molecular formula is C22H26N2O3. The molecule has 0 unspecified atom stereocenters. The minimum atomic E-state index is -0.983. The lowest BCUT2D eigenvalue weighted by Crippen LogP contribution is -2.35. The molecule has 5 nitrogen and oxygen atoms in total. The van der Waals surface area contributed by atoms with Crippen molar-refractivity contribution in [3.8, 4) is 5.75 Å². The molecule has 1 aliphatic rings. The second-order valence-electron chi connectivity index (χ2n) is 7.19. The van der Waals surface area contributed by atoms with E-state index in [1.165, 1.54) is 0 Å². The van der Waals surface area contributed by atoms with Crippen molar-refractivity contribution in [2.24, 2.45) is 5.41 Å². The summed E-state index contributed by atoms with van der Waals surface area (Å²) in [5.41, 5.74) is 1.51. The van der Waals surface area contributed by atoms with Crippen LogP contribution in [0.15, 0.2) is 48.5 Å². The highest BCUT2D eigenvalue weighted by atomic mass is 16.5. The molecule has 0 aromatic heterocycles. The molecule has 0 saturated heterocycles. The summed E-state index contributed by atoms with van der Waals surface area (Å²) < 4.78 is 5.40. The Morgan fingerprint density at radius 3 is 2.22 bits per heavy atom. The molecule has 2 amide bonds. The number of para-hydroxylation sites is 1. The predicted octanol–water partition coefficient (Wildman–Crippen LogP) is 4.57. The summed E-state index contributed by atoms with van der Waals surface area (Å²) in [4.78, 5) is 25.6. The highest BCUT2D eigenvalue weighted by Crippen LogP contribution is 2.47. The summed E-state index contributed by atoms with van der Waals surface area (Å²) in [6.07, 6.45) is 1.12. The number of amides is 2. The molecule has 2 aromatic rings. The van der Waals surface area contributed by atoms with Crippen molar-refractivity contribution in [2.75, 3.05) is 17.2 Å². The van der Waals surface area contributed by atoms with Crippen molar-refractivity contribution in [3.05, 3.63) is 54.1 Å². The van der Waals surface area contributed by atoms with Gasteiger partial charge in [0, 0.05) is 11.4 Å². The van der Waals surface area contributed by atoms with Gasteiger partial charge in [-0.25, -0.2) is 0 Å². The van der Waals surface area contributed by atoms with Gasteiger partial charge in [-0.1, -0.05) is 32.0 Å². The molecule has 0 aliphatic heterocycles. The van der Waals surface area contributed by atoms with Gasteiger partial charge in [0.1, 0.15) is 11.2 Å². The average molecular weight is 366 g/mol. The highest BCUT2D eigenvalue weighted by molar-refractivity contribution is 6.17. The molecule has 2 aromatic carbocycles. The van der Waals surface area contributed by atoms with Gasteiger partial charge in [0.15, 0.2) is 0 Å². The van der Waals surface area contributed by atoms with E-state index in [0.29, 0.717) is 25.1 Å². The molecule has 142 valence electrons. The van der Waals surface area contributed by atoms with Crippen LogP contribution in [0.5, 0.6) is 5.75 Å². The molecule has 1 saturated carbocycles. The standard InChI is InChI=1S/C22H26N2O3/c1-4-27-17-11-9-16(10-12-17)23-20(25)22(13-14-22)21(26)24-19-8-6-5-7-18(19)15(2)3/h5-12,15H,4,13-14H2,1-3H3,(H,23,25)(H,24,26). The Morgan fingerprint density at radius 2 is 1.63 bits per heavy atom. The lowest BCUT2D eigenvalue weighted by atomic mass is 9.99. The molecule has 1 fully saturated rings. The quantitative estimate of drug-likeness (QED) is 0.706. The third-order valence-electron chi connectivity index (χ3n) is 4.87. The van der Waals surface area contributed by atoms with E-state index < -0.39 is 5.41 Å². The van der Waals surface area contributed by atoms with Gasteiger partial charge < -0.3 is 15.4 Å². The van der Waals surface area contributed by atoms with E-state index >= 15 is 0 Å². The van der Waals surface area contributed by atoms with Crippen LogP contribution in [-0.2, 0) is 9.59 Å². The van der Waals surface area contributed by atoms with E-state index in [1.54, 1.807) is 24.3 Å². The highest BCUT2D eigenvalue weighted by Gasteiger charge is 2.56. The number of anilines is 2. The zero-order chi connectivity index (χ0) is 19.4. The fraction of sp³-hybridized carbons (Fsp3) is 0.364. The predicted molar refractivity (Wildman–Crippen MR) is 107 cm³/mol. The molecule has 27 heavy (non-hydrogen) atoms. The maximum absolute atomic E-state index is 12.9. The Hall–Kier alpha value is -2.82. The number of hydrogen-bond acceptors (Lipinski definition) is 3. The van der Waals surface area contributed by atoms with Crippen LogP contribution >= 0.6 is 0 Å². The average Bonchev–Trinajstić information content (AvgIpc) is 3.46. The summed E-state index contributed by atoms with van der Waals surface area (Å²) in [6, 6.07) is 14.9. The smallest absolute Gasteiger partial charge is 0.240 e. The summed E-state index contributed by atoms with van der Waals surface area (Å²) in [6.45, 7) is 6.67. The molecule has 0 radical (unpaired) electrons. The van der Waals surface area contributed by atoms with Gasteiger partial charge in [0.2, 0.25) is 11.8 Å². The lowest BCUT2D eigenvalue weighted by molar-refractivity contribution is -0.131. The van der Waals surface area contributed by atoms with Gasteiger partial charge in [-0.15, -0.1) is 0 Å². The Labute approximate surface area is 160 Å². The molecule has 3 rings (SSSR count). The first kappa shape index (κ1) is 19.0. The van der Waals surface area contributed by atoms with Crippen LogP contribution in [0.25, 0.3) is 0 Å². The summed E-state index contributed by atoms with van der Waals surface area (Å²) in [7, 11) is 0. The van der Waals surface area contributed by atoms with Crippen molar-refractivity contribution in [1.29, 1.82) is 0 Å². The Morgan fingerprint density at radius 1 is 1.00 bits per heavy atom. The lowest BCUT2D eigenvalue weighted by Gasteiger charge is -2.18. The minimum Gasteiger partial charge on any atom is -0.494 e. The van der Waals surface area contributed by atoms with Crippen LogP contribution in [0.4, 0.5) is 11.4 Å². The number of carbonyl (C=O) groups is 2. The zero-order valence-corrected chi connectivity index (χ0v) is 16.0. The van der Waals surface area contributed by atoms with Gasteiger partial charge in [0.25, 0.3) is 0 Å². The van der Waals surface area contributed by atoms with E-state index in [9.17, 15) is 9.59 Å². The second kappa shape index (κ2) is 7.82. The molecular weight excluding hydrogens is 340 g/mol. The molecule has 0 bridgehead atoms. The number of benzene rings is 2. The Balaban J connectivity index is 1.69. The number of rotatable bonds is 7. The molecule has 2 N–H and O–H groups in total. The van der Waals surface area contributed by atoms with Crippen LogP contribution in [-0.4, -0.2) is 18.4 Å². The number of nitrogens with one attached hydrogen (secondary N) is 2. The van der Waals surface area contributed by atoms with Crippen LogP contribution in [0.3, 0.4) is 0 Å². The third kappa shape index (κ3) is 4.13. The summed E-state index contributed by atoms with van der Waals surface area (Å²) in [5, 5.41) is 5.83. The molecule has 0 spiro atoms. The zero-order valence-electron chi connectivity index (χ0n) is 16.0. The van der Waals surface area contributed by atoms with Gasteiger partial charge in [-0.2, -0.15) is 0 Å². The van der Waals surface area contributed by atoms with Gasteiger partial charge in [-0.05, 0) is 61.6 Å². The van der Waals surface area contributed by atoms with Crippen molar-refractivity contribution < 1.29 is 14.3 Å². The first-order valence-corrected chi connectivity index (χ1v) is 9.41.